The molecule has 5 heteroatoms. The molecule has 0 spiro atoms. The lowest BCUT2D eigenvalue weighted by atomic mass is 10.1. The number of nitrogens with one attached hydrogen (secondary N) is 1. The number of hydrogen-bond acceptors (Lipinski definition) is 5. The van der Waals surface area contributed by atoms with Crippen LogP contribution in [0.2, 0.25) is 0 Å². The van der Waals surface area contributed by atoms with Gasteiger partial charge in [-0.1, -0.05) is 18.2 Å². The molecule has 96 valence electrons. The Morgan fingerprint density at radius 1 is 1.24 bits per heavy atom. The third kappa shape index (κ3) is 3.98. The quantitative estimate of drug-likeness (QED) is 0.614. The molecule has 0 aliphatic heterocycles. The summed E-state index contributed by atoms with van der Waals surface area (Å²) < 4.78 is 10.4. The topological polar surface area (TPSA) is 71.0 Å². The highest BCUT2D eigenvalue weighted by atomic mass is 16.7. The summed E-state index contributed by atoms with van der Waals surface area (Å²) in [6.45, 7) is 0.000806. The van der Waals surface area contributed by atoms with E-state index in [1.165, 1.54) is 0 Å². The molecule has 0 fully saturated rings. The van der Waals surface area contributed by atoms with Gasteiger partial charge in [-0.05, 0) is 6.07 Å². The number of benzene rings is 1. The summed E-state index contributed by atoms with van der Waals surface area (Å²) in [5, 5.41) is 21.1. The van der Waals surface area contributed by atoms with Crippen molar-refractivity contribution < 1.29 is 19.7 Å². The first-order valence-corrected chi connectivity index (χ1v) is 5.40. The first-order chi connectivity index (χ1) is 8.22. The average Bonchev–Trinajstić information content (AvgIpc) is 2.38. The molecule has 0 saturated carbocycles. The van der Waals surface area contributed by atoms with Gasteiger partial charge in [0.25, 0.3) is 0 Å². The van der Waals surface area contributed by atoms with Gasteiger partial charge in [-0.2, -0.15) is 0 Å². The third-order valence-electron chi connectivity index (χ3n) is 2.38. The van der Waals surface area contributed by atoms with Crippen LogP contribution in [0.15, 0.2) is 24.3 Å². The van der Waals surface area contributed by atoms with Gasteiger partial charge >= 0.3 is 0 Å². The molecular formula is C12H19NO4. The molecule has 0 aliphatic carbocycles. The Bertz CT molecular complexity index is 328. The van der Waals surface area contributed by atoms with Gasteiger partial charge < -0.3 is 25.0 Å². The number of ether oxygens (including phenoxy) is 2. The Kier molecular flexibility index (Phi) is 5.93. The number of para-hydroxylation sites is 1. The maximum Gasteiger partial charge on any atom is 0.185 e. The van der Waals surface area contributed by atoms with Gasteiger partial charge in [0.15, 0.2) is 6.29 Å². The number of methoxy groups -OCH3 is 2. The standard InChI is InChI=1S/C12H19NO4/c1-16-12(17-2)10-5-3-4-6-11(10)13-7-9(15)8-14/h3-6,9,12-15H,7-8H2,1-2H3. The summed E-state index contributed by atoms with van der Waals surface area (Å²) in [7, 11) is 3.13. The van der Waals surface area contributed by atoms with Crippen LogP contribution in [0.4, 0.5) is 5.69 Å². The smallest absolute Gasteiger partial charge is 0.185 e. The molecule has 0 saturated heterocycles. The molecule has 5 nitrogen and oxygen atoms in total. The number of anilines is 1. The molecule has 3 N–H and O–H groups in total. The van der Waals surface area contributed by atoms with Crippen molar-refractivity contribution in [3.05, 3.63) is 29.8 Å². The molecule has 1 unspecified atom stereocenters. The summed E-state index contributed by atoms with van der Waals surface area (Å²) >= 11 is 0. The van der Waals surface area contributed by atoms with E-state index in [0.717, 1.165) is 11.3 Å². The molecule has 0 amide bonds. The second-order valence-corrected chi connectivity index (χ2v) is 3.61. The van der Waals surface area contributed by atoms with Crippen molar-refractivity contribution in [3.8, 4) is 0 Å². The summed E-state index contributed by atoms with van der Waals surface area (Å²) in [5.74, 6) is 0. The molecular weight excluding hydrogens is 222 g/mol. The lowest BCUT2D eigenvalue weighted by molar-refractivity contribution is -0.105. The first-order valence-electron chi connectivity index (χ1n) is 5.40. The predicted octanol–water partition coefficient (Wildman–Crippen LogP) is 0.743. The van der Waals surface area contributed by atoms with Crippen molar-refractivity contribution in [1.29, 1.82) is 0 Å². The molecule has 0 bridgehead atoms. The van der Waals surface area contributed by atoms with E-state index >= 15 is 0 Å². The third-order valence-corrected chi connectivity index (χ3v) is 2.38. The van der Waals surface area contributed by atoms with Gasteiger partial charge in [-0.3, -0.25) is 0 Å². The number of aliphatic hydroxyl groups excluding tert-OH is 2. The van der Waals surface area contributed by atoms with Crippen molar-refractivity contribution in [1.82, 2.24) is 0 Å². The molecule has 1 rings (SSSR count). The normalized spacial score (nSPS) is 12.8. The highest BCUT2D eigenvalue weighted by molar-refractivity contribution is 5.51. The Hall–Kier alpha value is -1.14. The predicted molar refractivity (Wildman–Crippen MR) is 64.8 cm³/mol. The zero-order valence-corrected chi connectivity index (χ0v) is 10.1. The second-order valence-electron chi connectivity index (χ2n) is 3.61. The number of aliphatic hydroxyl groups is 2. The van der Waals surface area contributed by atoms with Gasteiger partial charge in [0.05, 0.1) is 12.7 Å². The minimum Gasteiger partial charge on any atom is -0.394 e. The van der Waals surface area contributed by atoms with E-state index < -0.39 is 12.4 Å². The summed E-state index contributed by atoms with van der Waals surface area (Å²) in [6.07, 6.45) is -1.24. The SMILES string of the molecule is COC(OC)c1ccccc1NCC(O)CO. The van der Waals surface area contributed by atoms with E-state index in [9.17, 15) is 5.11 Å². The highest BCUT2D eigenvalue weighted by Gasteiger charge is 2.13. The van der Waals surface area contributed by atoms with Crippen LogP contribution >= 0.6 is 0 Å². The van der Waals surface area contributed by atoms with Gasteiger partial charge in [0.2, 0.25) is 0 Å². The van der Waals surface area contributed by atoms with Crippen LogP contribution in [0.3, 0.4) is 0 Å². The van der Waals surface area contributed by atoms with Crippen LogP contribution in [0.5, 0.6) is 0 Å². The molecule has 0 aliphatic rings. The van der Waals surface area contributed by atoms with Crippen molar-refractivity contribution in [3.63, 3.8) is 0 Å². The molecule has 0 radical (unpaired) electrons. The molecule has 17 heavy (non-hydrogen) atoms. The Morgan fingerprint density at radius 3 is 2.47 bits per heavy atom. The van der Waals surface area contributed by atoms with E-state index in [2.05, 4.69) is 5.32 Å². The Balaban J connectivity index is 2.76. The fraction of sp³-hybridized carbons (Fsp3) is 0.500. The summed E-state index contributed by atoms with van der Waals surface area (Å²) in [6, 6.07) is 7.50. The van der Waals surface area contributed by atoms with Crippen LogP contribution in [0.1, 0.15) is 11.9 Å². The minimum atomic E-state index is -0.786. The van der Waals surface area contributed by atoms with E-state index in [1.807, 2.05) is 24.3 Å². The van der Waals surface area contributed by atoms with Gasteiger partial charge in [0.1, 0.15) is 0 Å². The van der Waals surface area contributed by atoms with E-state index in [4.69, 9.17) is 14.6 Å². The molecule has 0 aromatic heterocycles. The summed E-state index contributed by atoms with van der Waals surface area (Å²) in [5.41, 5.74) is 1.66. The van der Waals surface area contributed by atoms with Crippen molar-refractivity contribution in [2.24, 2.45) is 0 Å². The largest absolute Gasteiger partial charge is 0.394 e. The Morgan fingerprint density at radius 2 is 1.88 bits per heavy atom. The zero-order chi connectivity index (χ0) is 12.7. The number of hydrogen-bond donors (Lipinski definition) is 3. The minimum absolute atomic E-state index is 0.271. The Labute approximate surface area is 101 Å². The first kappa shape index (κ1) is 13.9. The second kappa shape index (κ2) is 7.24. The van der Waals surface area contributed by atoms with E-state index in [1.54, 1.807) is 14.2 Å². The molecule has 1 aromatic carbocycles. The zero-order valence-electron chi connectivity index (χ0n) is 10.1. The maximum atomic E-state index is 9.29. The fourth-order valence-electron chi connectivity index (χ4n) is 1.51. The lowest BCUT2D eigenvalue weighted by Crippen LogP contribution is -2.23. The summed E-state index contributed by atoms with van der Waals surface area (Å²) in [4.78, 5) is 0. The fourth-order valence-corrected chi connectivity index (χ4v) is 1.51. The maximum absolute atomic E-state index is 9.29. The van der Waals surface area contributed by atoms with Crippen LogP contribution in [-0.2, 0) is 9.47 Å². The van der Waals surface area contributed by atoms with Crippen LogP contribution in [0.25, 0.3) is 0 Å². The number of rotatable bonds is 7. The van der Waals surface area contributed by atoms with Gasteiger partial charge in [0, 0.05) is 32.0 Å². The molecule has 0 heterocycles. The van der Waals surface area contributed by atoms with Crippen LogP contribution in [-0.4, -0.2) is 43.7 Å². The molecule has 1 atom stereocenters. The average molecular weight is 241 g/mol. The highest BCUT2D eigenvalue weighted by Crippen LogP contribution is 2.25. The molecule has 1 aromatic rings. The van der Waals surface area contributed by atoms with Crippen molar-refractivity contribution in [2.45, 2.75) is 12.4 Å². The van der Waals surface area contributed by atoms with Crippen LogP contribution < -0.4 is 5.32 Å². The van der Waals surface area contributed by atoms with E-state index in [-0.39, 0.29) is 13.2 Å². The monoisotopic (exact) mass is 241 g/mol. The van der Waals surface area contributed by atoms with Crippen molar-refractivity contribution in [2.75, 3.05) is 32.7 Å². The van der Waals surface area contributed by atoms with Gasteiger partial charge in [-0.15, -0.1) is 0 Å². The van der Waals surface area contributed by atoms with Gasteiger partial charge in [-0.25, -0.2) is 0 Å². The van der Waals surface area contributed by atoms with Crippen LogP contribution in [0, 0.1) is 0 Å². The lowest BCUT2D eigenvalue weighted by Gasteiger charge is -2.19. The van der Waals surface area contributed by atoms with Crippen molar-refractivity contribution >= 4 is 5.69 Å². The van der Waals surface area contributed by atoms with E-state index in [0.29, 0.717) is 0 Å².